The maximum Gasteiger partial charge on any atom is 0.338 e. The lowest BCUT2D eigenvalue weighted by atomic mass is 10.1. The van der Waals surface area contributed by atoms with Crippen LogP contribution < -0.4 is 5.32 Å². The molecule has 10 nitrogen and oxygen atoms in total. The molecule has 0 atom stereocenters. The summed E-state index contributed by atoms with van der Waals surface area (Å²) in [5.41, 5.74) is 2.08. The molecular weight excluding hydrogens is 521 g/mol. The van der Waals surface area contributed by atoms with Gasteiger partial charge in [0, 0.05) is 30.5 Å². The van der Waals surface area contributed by atoms with Crippen molar-refractivity contribution in [1.29, 1.82) is 0 Å². The lowest BCUT2D eigenvalue weighted by Crippen LogP contribution is -2.15. The van der Waals surface area contributed by atoms with E-state index in [1.807, 2.05) is 24.3 Å². The van der Waals surface area contributed by atoms with E-state index in [4.69, 9.17) is 37.8 Å². The van der Waals surface area contributed by atoms with Gasteiger partial charge in [0.15, 0.2) is 0 Å². The summed E-state index contributed by atoms with van der Waals surface area (Å²) in [6, 6.07) is 12.4. The van der Waals surface area contributed by atoms with Crippen molar-refractivity contribution >= 4 is 46.6 Å². The van der Waals surface area contributed by atoms with Crippen molar-refractivity contribution in [1.82, 2.24) is 19.1 Å². The van der Waals surface area contributed by atoms with E-state index < -0.39 is 0 Å². The Morgan fingerprint density at radius 2 is 1.54 bits per heavy atom. The summed E-state index contributed by atoms with van der Waals surface area (Å²) in [4.78, 5) is 30.9. The number of esters is 1. The van der Waals surface area contributed by atoms with Gasteiger partial charge in [0.1, 0.15) is 19.3 Å². The van der Waals surface area contributed by atoms with Crippen LogP contribution in [-0.4, -0.2) is 62.6 Å². The number of imidazole rings is 2. The maximum atomic E-state index is 12.0. The van der Waals surface area contributed by atoms with Gasteiger partial charge in [-0.15, -0.1) is 0 Å². The Labute approximate surface area is 223 Å². The standard InChI is InChI=1S/C18H19Cl2NO4.C7H6N4O/c19-14-5-3-6-15(20)18(14)21-16-7-2-1-4-13(16)12-17(23)25-11-10-24-9-8-22;12-7(10-3-1-8-5-10)11-4-2-9-6-11/h1-7,21-22H,8-12H2;1-6H. The lowest BCUT2D eigenvalue weighted by Gasteiger charge is -2.14. The van der Waals surface area contributed by atoms with Crippen molar-refractivity contribution in [3.05, 3.63) is 95.5 Å². The van der Waals surface area contributed by atoms with Gasteiger partial charge in [-0.2, -0.15) is 0 Å². The first kappa shape index (κ1) is 27.9. The van der Waals surface area contributed by atoms with Gasteiger partial charge in [0.25, 0.3) is 0 Å². The average Bonchev–Trinajstić information content (AvgIpc) is 3.62. The molecule has 12 heteroatoms. The van der Waals surface area contributed by atoms with Gasteiger partial charge in [-0.25, -0.2) is 14.8 Å². The van der Waals surface area contributed by atoms with E-state index in [1.165, 1.54) is 21.8 Å². The van der Waals surface area contributed by atoms with Crippen LogP contribution in [0.4, 0.5) is 16.2 Å². The fourth-order valence-electron chi connectivity index (χ4n) is 3.01. The molecule has 0 spiro atoms. The third-order valence-electron chi connectivity index (χ3n) is 4.75. The molecule has 4 rings (SSSR count). The number of rotatable bonds is 9. The van der Waals surface area contributed by atoms with Crippen LogP contribution in [0.5, 0.6) is 0 Å². The number of aliphatic hydroxyl groups excluding tert-OH is 1. The highest BCUT2D eigenvalue weighted by molar-refractivity contribution is 6.39. The molecule has 0 aliphatic rings. The monoisotopic (exact) mass is 545 g/mol. The van der Waals surface area contributed by atoms with Gasteiger partial charge < -0.3 is 19.9 Å². The number of aromatic nitrogens is 4. The SMILES string of the molecule is O=C(Cc1ccccc1Nc1c(Cl)cccc1Cl)OCCOCCO.O=C(n1ccnc1)n1ccnc1. The molecule has 37 heavy (non-hydrogen) atoms. The number of anilines is 2. The number of carbonyl (C=O) groups excluding carboxylic acids is 2. The second kappa shape index (κ2) is 14.8. The number of nitrogens with one attached hydrogen (secondary N) is 1. The number of ether oxygens (including phenoxy) is 2. The Balaban J connectivity index is 0.000000262. The molecule has 2 aromatic carbocycles. The predicted octanol–water partition coefficient (Wildman–Crippen LogP) is 4.43. The topological polar surface area (TPSA) is 121 Å². The van der Waals surface area contributed by atoms with Gasteiger partial charge in [0.2, 0.25) is 0 Å². The van der Waals surface area contributed by atoms with Gasteiger partial charge in [-0.1, -0.05) is 47.5 Å². The minimum absolute atomic E-state index is 0.0579. The molecule has 4 aromatic rings. The second-order valence-electron chi connectivity index (χ2n) is 7.33. The third-order valence-corrected chi connectivity index (χ3v) is 5.38. The number of benzene rings is 2. The number of halogens is 2. The summed E-state index contributed by atoms with van der Waals surface area (Å²) in [6.07, 6.45) is 9.27. The average molecular weight is 546 g/mol. The van der Waals surface area contributed by atoms with Crippen molar-refractivity contribution in [3.63, 3.8) is 0 Å². The van der Waals surface area contributed by atoms with Gasteiger partial charge in [-0.05, 0) is 23.8 Å². The highest BCUT2D eigenvalue weighted by Crippen LogP contribution is 2.33. The molecule has 0 radical (unpaired) electrons. The largest absolute Gasteiger partial charge is 0.463 e. The number of para-hydroxylation sites is 2. The van der Waals surface area contributed by atoms with E-state index in [9.17, 15) is 9.59 Å². The molecule has 0 saturated heterocycles. The van der Waals surface area contributed by atoms with E-state index in [0.29, 0.717) is 15.7 Å². The van der Waals surface area contributed by atoms with E-state index >= 15 is 0 Å². The molecule has 0 fully saturated rings. The van der Waals surface area contributed by atoms with Crippen LogP contribution in [0.25, 0.3) is 0 Å². The van der Waals surface area contributed by atoms with Crippen molar-refractivity contribution in [2.75, 3.05) is 31.7 Å². The van der Waals surface area contributed by atoms with Crippen LogP contribution in [0.3, 0.4) is 0 Å². The van der Waals surface area contributed by atoms with E-state index in [-0.39, 0.29) is 44.8 Å². The van der Waals surface area contributed by atoms with E-state index in [1.54, 1.807) is 43.0 Å². The van der Waals surface area contributed by atoms with E-state index in [2.05, 4.69) is 15.3 Å². The zero-order chi connectivity index (χ0) is 26.5. The van der Waals surface area contributed by atoms with Crippen LogP contribution in [0.1, 0.15) is 5.56 Å². The molecule has 2 N–H and O–H groups in total. The fraction of sp³-hybridized carbons (Fsp3) is 0.200. The van der Waals surface area contributed by atoms with Crippen LogP contribution in [0.2, 0.25) is 10.0 Å². The number of hydrogen-bond acceptors (Lipinski definition) is 8. The Bertz CT molecular complexity index is 1210. The molecule has 2 aromatic heterocycles. The summed E-state index contributed by atoms with van der Waals surface area (Å²) in [5.74, 6) is -0.368. The van der Waals surface area contributed by atoms with Crippen LogP contribution in [0.15, 0.2) is 79.9 Å². The Hall–Kier alpha value is -3.70. The molecule has 0 saturated carbocycles. The number of aliphatic hydroxyl groups is 1. The summed E-state index contributed by atoms with van der Waals surface area (Å²) < 4.78 is 12.9. The molecular formula is C25H25Cl2N5O5. The minimum atomic E-state index is -0.368. The first-order valence-electron chi connectivity index (χ1n) is 11.1. The zero-order valence-corrected chi connectivity index (χ0v) is 21.2. The fourth-order valence-corrected chi connectivity index (χ4v) is 3.51. The normalized spacial score (nSPS) is 10.4. The summed E-state index contributed by atoms with van der Waals surface area (Å²) in [5, 5.41) is 12.8. The Morgan fingerprint density at radius 1 is 0.892 bits per heavy atom. The Morgan fingerprint density at radius 3 is 2.14 bits per heavy atom. The van der Waals surface area contributed by atoms with E-state index in [0.717, 1.165) is 11.3 Å². The first-order chi connectivity index (χ1) is 18.0. The lowest BCUT2D eigenvalue weighted by molar-refractivity contribution is -0.144. The molecule has 0 aliphatic carbocycles. The van der Waals surface area contributed by atoms with Gasteiger partial charge in [0.05, 0.1) is 42.0 Å². The second-order valence-corrected chi connectivity index (χ2v) is 8.15. The van der Waals surface area contributed by atoms with Crippen LogP contribution >= 0.6 is 23.2 Å². The summed E-state index contributed by atoms with van der Waals surface area (Å²) in [7, 11) is 0. The quantitative estimate of drug-likeness (QED) is 0.234. The zero-order valence-electron chi connectivity index (χ0n) is 19.7. The smallest absolute Gasteiger partial charge is 0.338 e. The molecule has 0 bridgehead atoms. The highest BCUT2D eigenvalue weighted by atomic mass is 35.5. The van der Waals surface area contributed by atoms with Gasteiger partial charge >= 0.3 is 12.0 Å². The maximum absolute atomic E-state index is 12.0. The van der Waals surface area contributed by atoms with Crippen LogP contribution in [0, 0.1) is 0 Å². The van der Waals surface area contributed by atoms with Crippen molar-refractivity contribution in [2.24, 2.45) is 0 Å². The van der Waals surface area contributed by atoms with Crippen molar-refractivity contribution in [3.8, 4) is 0 Å². The highest BCUT2D eigenvalue weighted by Gasteiger charge is 2.12. The predicted molar refractivity (Wildman–Crippen MR) is 139 cm³/mol. The summed E-state index contributed by atoms with van der Waals surface area (Å²) in [6.45, 7) is 0.562. The summed E-state index contributed by atoms with van der Waals surface area (Å²) >= 11 is 12.4. The molecule has 0 aliphatic heterocycles. The molecule has 194 valence electrons. The van der Waals surface area contributed by atoms with Crippen molar-refractivity contribution in [2.45, 2.75) is 6.42 Å². The third kappa shape index (κ3) is 8.72. The van der Waals surface area contributed by atoms with Crippen LogP contribution in [-0.2, 0) is 20.7 Å². The van der Waals surface area contributed by atoms with Gasteiger partial charge in [-0.3, -0.25) is 13.9 Å². The number of nitrogens with zero attached hydrogens (tertiary/aromatic N) is 4. The minimum Gasteiger partial charge on any atom is -0.463 e. The Kier molecular flexibility index (Phi) is 11.1. The van der Waals surface area contributed by atoms with Crippen molar-refractivity contribution < 1.29 is 24.2 Å². The first-order valence-corrected chi connectivity index (χ1v) is 11.9. The number of carbonyl (C=O) groups is 2. The molecule has 0 unspecified atom stereocenters. The molecule has 2 heterocycles. The molecule has 0 amide bonds. The number of hydrogen-bond donors (Lipinski definition) is 2.